The van der Waals surface area contributed by atoms with Crippen LogP contribution in [0.1, 0.15) is 37.4 Å². The molecule has 1 saturated heterocycles. The van der Waals surface area contributed by atoms with Gasteiger partial charge in [-0.15, -0.1) is 0 Å². The Hall–Kier alpha value is -1.86. The quantitative estimate of drug-likeness (QED) is 0.461. The molecule has 1 heterocycles. The van der Waals surface area contributed by atoms with Crippen LogP contribution in [-0.4, -0.2) is 33.8 Å². The van der Waals surface area contributed by atoms with Gasteiger partial charge in [0.15, 0.2) is 17.7 Å². The molecule has 1 aliphatic rings. The minimum Gasteiger partial charge on any atom is -0.451 e. The summed E-state index contributed by atoms with van der Waals surface area (Å²) in [5.74, 6) is -1.22. The van der Waals surface area contributed by atoms with Crippen molar-refractivity contribution in [3.63, 3.8) is 0 Å². The van der Waals surface area contributed by atoms with Gasteiger partial charge >= 0.3 is 11.9 Å². The second-order valence-electron chi connectivity index (χ2n) is 6.76. The number of carbonyl (C=O) groups excluding carboxylic acids is 2. The van der Waals surface area contributed by atoms with Crippen molar-refractivity contribution in [2.75, 3.05) is 0 Å². The van der Waals surface area contributed by atoms with Gasteiger partial charge in [-0.25, -0.2) is 14.0 Å². The van der Waals surface area contributed by atoms with Gasteiger partial charge in [0.05, 0.1) is 15.3 Å². The van der Waals surface area contributed by atoms with Gasteiger partial charge in [-0.05, 0) is 44.5 Å². The predicted molar refractivity (Wildman–Crippen MR) is 111 cm³/mol. The number of esters is 2. The van der Waals surface area contributed by atoms with Crippen molar-refractivity contribution in [3.8, 4) is 0 Å². The number of hydrogen-bond donors (Lipinski definition) is 0. The fourth-order valence-electron chi connectivity index (χ4n) is 2.89. The van der Waals surface area contributed by atoms with Crippen LogP contribution in [0.15, 0.2) is 42.5 Å². The molecule has 4 nitrogen and oxygen atoms in total. The lowest BCUT2D eigenvalue weighted by atomic mass is 10.1. The Bertz CT molecular complexity index is 886. The van der Waals surface area contributed by atoms with Gasteiger partial charge in [0.1, 0.15) is 0 Å². The first-order chi connectivity index (χ1) is 13.3. The summed E-state index contributed by atoms with van der Waals surface area (Å²) >= 11 is 4.29. The molecule has 0 spiro atoms. The zero-order valence-corrected chi connectivity index (χ0v) is 18.1. The van der Waals surface area contributed by atoms with Crippen molar-refractivity contribution in [1.29, 1.82) is 0 Å². The summed E-state index contributed by atoms with van der Waals surface area (Å²) in [7, 11) is 0. The van der Waals surface area contributed by atoms with E-state index in [4.69, 9.17) is 9.47 Å². The zero-order chi connectivity index (χ0) is 20.4. The van der Waals surface area contributed by atoms with Crippen LogP contribution in [0.25, 0.3) is 0 Å². The number of thioether (sulfide) groups is 1. The van der Waals surface area contributed by atoms with Gasteiger partial charge in [0.25, 0.3) is 0 Å². The molecule has 0 radical (unpaired) electrons. The molecule has 0 aliphatic carbocycles. The van der Waals surface area contributed by atoms with Crippen LogP contribution in [-0.2, 0) is 9.47 Å². The van der Waals surface area contributed by atoms with E-state index in [0.717, 1.165) is 28.5 Å². The predicted octanol–water partition coefficient (Wildman–Crippen LogP) is 5.13. The highest BCUT2D eigenvalue weighted by atomic mass is 79.9. The van der Waals surface area contributed by atoms with Gasteiger partial charge in [0.2, 0.25) is 0 Å². The molecule has 1 fully saturated rings. The van der Waals surface area contributed by atoms with E-state index >= 15 is 0 Å². The monoisotopic (exact) mass is 466 g/mol. The Morgan fingerprint density at radius 1 is 0.964 bits per heavy atom. The molecule has 2 aromatic carbocycles. The van der Waals surface area contributed by atoms with Crippen molar-refractivity contribution in [2.24, 2.45) is 0 Å². The number of aryl methyl sites for hydroxylation is 3. The van der Waals surface area contributed by atoms with Crippen LogP contribution in [0.2, 0.25) is 0 Å². The number of rotatable bonds is 4. The van der Waals surface area contributed by atoms with E-state index in [1.54, 1.807) is 30.3 Å². The fraction of sp³-hybridized carbons (Fsp3) is 0.333. The molecule has 4 atom stereocenters. The maximum Gasteiger partial charge on any atom is 0.339 e. The zero-order valence-electron chi connectivity index (χ0n) is 15.6. The number of halogens is 2. The highest BCUT2D eigenvalue weighted by Crippen LogP contribution is 2.42. The van der Waals surface area contributed by atoms with Crippen LogP contribution < -0.4 is 0 Å². The smallest absolute Gasteiger partial charge is 0.339 e. The number of carbonyl (C=O) groups is 2. The summed E-state index contributed by atoms with van der Waals surface area (Å²) in [6, 6.07) is 12.2. The molecule has 2 aromatic rings. The standard InChI is InChI=1S/C21H20BrFO4S/c1-11-4-7-14(8-5-11)19(24)26-17-16(23)18(22)28-21(17)27-20(25)15-9-6-12(2)10-13(15)3/h4-10,16-18,21H,1-3H3/t16-,17-,18-,21+/m0/s1. The lowest BCUT2D eigenvalue weighted by Gasteiger charge is -2.21. The fourth-order valence-corrected chi connectivity index (χ4v) is 4.89. The van der Waals surface area contributed by atoms with E-state index in [0.29, 0.717) is 11.1 Å². The van der Waals surface area contributed by atoms with E-state index in [1.807, 2.05) is 32.9 Å². The SMILES string of the molecule is Cc1ccc(C(=O)O[C@H]2[C@H](F)[C@@H](Br)S[C@H]2OC(=O)c2ccc(C)cc2C)cc1. The minimum absolute atomic E-state index is 0.320. The molecule has 1 aliphatic heterocycles. The summed E-state index contributed by atoms with van der Waals surface area (Å²) in [5.41, 5.74) is 2.58. The van der Waals surface area contributed by atoms with Crippen molar-refractivity contribution < 1.29 is 23.5 Å². The Kier molecular flexibility index (Phi) is 6.45. The number of alkyl halides is 2. The molecular formula is C21H20BrFO4S. The Balaban J connectivity index is 1.74. The first-order valence-corrected chi connectivity index (χ1v) is 10.6. The van der Waals surface area contributed by atoms with E-state index in [2.05, 4.69) is 15.9 Å². The lowest BCUT2D eigenvalue weighted by molar-refractivity contribution is -0.0265. The molecule has 148 valence electrons. The average Bonchev–Trinajstić information content (AvgIpc) is 2.89. The van der Waals surface area contributed by atoms with Crippen molar-refractivity contribution >= 4 is 39.6 Å². The third-order valence-corrected chi connectivity index (χ3v) is 6.76. The van der Waals surface area contributed by atoms with Gasteiger partial charge < -0.3 is 9.47 Å². The van der Waals surface area contributed by atoms with E-state index < -0.39 is 33.8 Å². The van der Waals surface area contributed by atoms with Crippen LogP contribution >= 0.6 is 27.7 Å². The molecule has 0 N–H and O–H groups in total. The van der Waals surface area contributed by atoms with Crippen LogP contribution in [0.3, 0.4) is 0 Å². The second kappa shape index (κ2) is 8.66. The normalized spacial score (nSPS) is 24.0. The molecular weight excluding hydrogens is 447 g/mol. The summed E-state index contributed by atoms with van der Waals surface area (Å²) in [6.45, 7) is 5.64. The topological polar surface area (TPSA) is 52.6 Å². The van der Waals surface area contributed by atoms with Gasteiger partial charge in [0, 0.05) is 0 Å². The summed E-state index contributed by atoms with van der Waals surface area (Å²) in [5, 5.41) is 0. The molecule has 0 saturated carbocycles. The van der Waals surface area contributed by atoms with Crippen molar-refractivity contribution in [1.82, 2.24) is 0 Å². The Labute approximate surface area is 175 Å². The number of hydrogen-bond acceptors (Lipinski definition) is 5. The molecule has 0 amide bonds. The van der Waals surface area contributed by atoms with Gasteiger partial charge in [-0.1, -0.05) is 63.1 Å². The third kappa shape index (κ3) is 4.58. The number of benzene rings is 2. The van der Waals surface area contributed by atoms with Crippen LogP contribution in [0.5, 0.6) is 0 Å². The Morgan fingerprint density at radius 3 is 2.25 bits per heavy atom. The van der Waals surface area contributed by atoms with Crippen LogP contribution in [0.4, 0.5) is 4.39 Å². The van der Waals surface area contributed by atoms with Gasteiger partial charge in [-0.2, -0.15) is 0 Å². The maximum atomic E-state index is 14.6. The summed E-state index contributed by atoms with van der Waals surface area (Å²) in [6.07, 6.45) is -2.70. The minimum atomic E-state index is -1.50. The summed E-state index contributed by atoms with van der Waals surface area (Å²) < 4.78 is 24.9. The van der Waals surface area contributed by atoms with Crippen molar-refractivity contribution in [2.45, 2.75) is 42.6 Å². The maximum absolute atomic E-state index is 14.6. The molecule has 28 heavy (non-hydrogen) atoms. The van der Waals surface area contributed by atoms with Crippen molar-refractivity contribution in [3.05, 3.63) is 70.3 Å². The largest absolute Gasteiger partial charge is 0.451 e. The molecule has 0 unspecified atom stereocenters. The van der Waals surface area contributed by atoms with E-state index in [9.17, 15) is 14.0 Å². The highest BCUT2D eigenvalue weighted by molar-refractivity contribution is 9.11. The highest BCUT2D eigenvalue weighted by Gasteiger charge is 2.48. The molecule has 0 bridgehead atoms. The molecule has 0 aromatic heterocycles. The van der Waals surface area contributed by atoms with E-state index in [-0.39, 0.29) is 0 Å². The Morgan fingerprint density at radius 2 is 1.61 bits per heavy atom. The first kappa shape index (κ1) is 20.9. The molecule has 3 rings (SSSR count). The second-order valence-corrected chi connectivity index (χ2v) is 9.60. The average molecular weight is 467 g/mol. The lowest BCUT2D eigenvalue weighted by Crippen LogP contribution is -2.36. The van der Waals surface area contributed by atoms with Crippen LogP contribution in [0, 0.1) is 20.8 Å². The first-order valence-electron chi connectivity index (χ1n) is 8.76. The molecule has 7 heteroatoms. The van der Waals surface area contributed by atoms with Gasteiger partial charge in [-0.3, -0.25) is 0 Å². The summed E-state index contributed by atoms with van der Waals surface area (Å²) in [4.78, 5) is 25.0. The number of ether oxygens (including phenoxy) is 2. The van der Waals surface area contributed by atoms with E-state index in [1.165, 1.54) is 0 Å². The third-order valence-electron chi connectivity index (χ3n) is 4.45.